The molecule has 0 aromatic rings. The molecule has 1 saturated heterocycles. The van der Waals surface area contributed by atoms with Gasteiger partial charge >= 0.3 is 5.97 Å². The molecule has 1 N–H and O–H groups in total. The first kappa shape index (κ1) is 12.1. The molecule has 8 heteroatoms. The zero-order valence-corrected chi connectivity index (χ0v) is 10.0. The third-order valence-corrected chi connectivity index (χ3v) is 4.91. The maximum atomic E-state index is 11.8. The van der Waals surface area contributed by atoms with Crippen LogP contribution >= 0.6 is 0 Å². The highest BCUT2D eigenvalue weighted by atomic mass is 32.2. The van der Waals surface area contributed by atoms with Gasteiger partial charge in [-0.25, -0.2) is 13.2 Å². The van der Waals surface area contributed by atoms with Crippen LogP contribution in [0.3, 0.4) is 0 Å². The van der Waals surface area contributed by atoms with E-state index in [0.29, 0.717) is 0 Å². The summed E-state index contributed by atoms with van der Waals surface area (Å²) in [6.07, 6.45) is -1.09. The minimum absolute atomic E-state index is 0.164. The van der Waals surface area contributed by atoms with E-state index in [0.717, 1.165) is 4.90 Å². The van der Waals surface area contributed by atoms with Crippen LogP contribution in [0.25, 0.3) is 0 Å². The van der Waals surface area contributed by atoms with E-state index in [9.17, 15) is 18.0 Å². The van der Waals surface area contributed by atoms with Gasteiger partial charge in [0.25, 0.3) is 5.91 Å². The predicted octanol–water partition coefficient (Wildman–Crippen LogP) is -1.04. The molecular weight excluding hydrogens is 250 g/mol. The molecule has 0 bridgehead atoms. The fraction of sp³-hybridized carbons (Fsp3) is 0.556. The maximum Gasteiger partial charge on any atom is 0.352 e. The molecule has 1 amide bonds. The summed E-state index contributed by atoms with van der Waals surface area (Å²) in [6, 6.07) is 0. The number of carbonyl (C=O) groups is 2. The van der Waals surface area contributed by atoms with Crippen LogP contribution in [0.4, 0.5) is 0 Å². The van der Waals surface area contributed by atoms with Crippen LogP contribution in [0.1, 0.15) is 6.92 Å². The van der Waals surface area contributed by atoms with E-state index in [1.165, 1.54) is 14.0 Å². The van der Waals surface area contributed by atoms with Crippen molar-refractivity contribution in [2.24, 2.45) is 0 Å². The van der Waals surface area contributed by atoms with Gasteiger partial charge in [0.2, 0.25) is 0 Å². The largest absolute Gasteiger partial charge is 0.477 e. The van der Waals surface area contributed by atoms with E-state index in [4.69, 9.17) is 9.84 Å². The van der Waals surface area contributed by atoms with Crippen LogP contribution in [0.5, 0.6) is 0 Å². The lowest BCUT2D eigenvalue weighted by atomic mass is 10.1. The molecule has 0 radical (unpaired) electrons. The molecule has 0 spiro atoms. The second-order valence-corrected chi connectivity index (χ2v) is 6.09. The summed E-state index contributed by atoms with van der Waals surface area (Å²) < 4.78 is 28.5. The van der Waals surface area contributed by atoms with Gasteiger partial charge < -0.3 is 9.84 Å². The Hall–Kier alpha value is -1.41. The Morgan fingerprint density at radius 1 is 1.53 bits per heavy atom. The van der Waals surface area contributed by atoms with Crippen LogP contribution in [0.2, 0.25) is 0 Å². The van der Waals surface area contributed by atoms with Gasteiger partial charge in [-0.05, 0) is 12.5 Å². The summed E-state index contributed by atoms with van der Waals surface area (Å²) in [6.45, 7) is 1.39. The average molecular weight is 261 g/mol. The van der Waals surface area contributed by atoms with Crippen LogP contribution in [0.15, 0.2) is 11.3 Å². The van der Waals surface area contributed by atoms with E-state index in [-0.39, 0.29) is 17.0 Å². The van der Waals surface area contributed by atoms with Crippen molar-refractivity contribution in [2.75, 3.05) is 12.9 Å². The van der Waals surface area contributed by atoms with Crippen molar-refractivity contribution in [3.63, 3.8) is 0 Å². The van der Waals surface area contributed by atoms with Crippen LogP contribution in [-0.2, 0) is 24.2 Å². The second kappa shape index (κ2) is 3.54. The number of hydrogen-bond acceptors (Lipinski definition) is 5. The lowest BCUT2D eigenvalue weighted by Gasteiger charge is -2.47. The lowest BCUT2D eigenvalue weighted by Crippen LogP contribution is -2.70. The van der Waals surface area contributed by atoms with E-state index in [1.807, 2.05) is 0 Å². The fourth-order valence-corrected chi connectivity index (χ4v) is 4.23. The Labute approximate surface area is 97.6 Å². The first-order chi connectivity index (χ1) is 7.81. The molecule has 2 aliphatic rings. The molecule has 0 aromatic heterocycles. The number of methoxy groups -OCH3 is 1. The molecule has 0 aromatic carbocycles. The molecular formula is C9H11NO6S. The normalized spacial score (nSPS) is 30.9. The van der Waals surface area contributed by atoms with Gasteiger partial charge in [-0.2, -0.15) is 0 Å². The van der Waals surface area contributed by atoms with Gasteiger partial charge in [-0.3, -0.25) is 9.69 Å². The van der Waals surface area contributed by atoms with Crippen molar-refractivity contribution in [1.82, 2.24) is 4.90 Å². The van der Waals surface area contributed by atoms with E-state index in [2.05, 4.69) is 0 Å². The molecule has 0 aliphatic carbocycles. The minimum atomic E-state index is -3.57. The first-order valence-corrected chi connectivity index (χ1v) is 6.53. The number of nitrogens with zero attached hydrogens (tertiary/aromatic N) is 1. The highest BCUT2D eigenvalue weighted by Gasteiger charge is 2.59. The number of sulfone groups is 1. The molecule has 1 fully saturated rings. The van der Waals surface area contributed by atoms with Gasteiger partial charge in [0.05, 0.1) is 5.75 Å². The number of ether oxygens (including phenoxy) is 1. The smallest absolute Gasteiger partial charge is 0.352 e. The van der Waals surface area contributed by atoms with Gasteiger partial charge in [-0.1, -0.05) is 0 Å². The minimum Gasteiger partial charge on any atom is -0.477 e. The predicted molar refractivity (Wildman–Crippen MR) is 55.6 cm³/mol. The van der Waals surface area contributed by atoms with Crippen molar-refractivity contribution < 1.29 is 27.9 Å². The number of carbonyl (C=O) groups excluding carboxylic acids is 1. The summed E-state index contributed by atoms with van der Waals surface area (Å²) in [5.41, 5.74) is -0.0835. The molecule has 2 rings (SSSR count). The van der Waals surface area contributed by atoms with E-state index < -0.39 is 33.2 Å². The number of amides is 1. The number of hydrogen-bond donors (Lipinski definition) is 1. The van der Waals surface area contributed by atoms with Crippen molar-refractivity contribution in [1.29, 1.82) is 0 Å². The van der Waals surface area contributed by atoms with E-state index >= 15 is 0 Å². The maximum absolute atomic E-state index is 11.8. The Morgan fingerprint density at radius 3 is 2.59 bits per heavy atom. The topological polar surface area (TPSA) is 101 Å². The lowest BCUT2D eigenvalue weighted by molar-refractivity contribution is -0.162. The summed E-state index contributed by atoms with van der Waals surface area (Å²) >= 11 is 0. The molecule has 94 valence electrons. The monoisotopic (exact) mass is 261 g/mol. The van der Waals surface area contributed by atoms with Gasteiger partial charge in [0.15, 0.2) is 21.3 Å². The van der Waals surface area contributed by atoms with Gasteiger partial charge in [-0.15, -0.1) is 0 Å². The van der Waals surface area contributed by atoms with Crippen LogP contribution < -0.4 is 0 Å². The van der Waals surface area contributed by atoms with Crippen LogP contribution in [-0.4, -0.2) is 54.6 Å². The summed E-state index contributed by atoms with van der Waals surface area (Å²) in [4.78, 5) is 23.4. The molecule has 2 aliphatic heterocycles. The quantitative estimate of drug-likeness (QED) is 0.637. The molecule has 17 heavy (non-hydrogen) atoms. The fourth-order valence-electron chi connectivity index (χ4n) is 2.19. The van der Waals surface area contributed by atoms with E-state index in [1.54, 1.807) is 0 Å². The number of carboxylic acids is 1. The number of β-lactam (4-membered cyclic amide) rings is 1. The average Bonchev–Trinajstić information content (AvgIpc) is 2.18. The van der Waals surface area contributed by atoms with Crippen molar-refractivity contribution >= 4 is 21.7 Å². The molecule has 0 saturated carbocycles. The Balaban J connectivity index is 2.54. The van der Waals surface area contributed by atoms with Gasteiger partial charge in [0, 0.05) is 7.11 Å². The zero-order valence-electron chi connectivity index (χ0n) is 9.21. The Morgan fingerprint density at radius 2 is 2.12 bits per heavy atom. The third kappa shape index (κ3) is 1.48. The van der Waals surface area contributed by atoms with Crippen molar-refractivity contribution in [3.05, 3.63) is 11.3 Å². The number of carboxylic acid groups (broad SMARTS) is 1. The van der Waals surface area contributed by atoms with Crippen molar-refractivity contribution in [2.45, 2.75) is 18.4 Å². The zero-order chi connectivity index (χ0) is 13.0. The molecule has 2 atom stereocenters. The summed E-state index contributed by atoms with van der Waals surface area (Å²) in [5, 5.41) is 7.79. The highest BCUT2D eigenvalue weighted by Crippen LogP contribution is 2.37. The number of rotatable bonds is 2. The molecule has 1 unspecified atom stereocenters. The third-order valence-electron chi connectivity index (χ3n) is 2.88. The van der Waals surface area contributed by atoms with Gasteiger partial charge in [0.1, 0.15) is 5.70 Å². The number of fused-ring (bicyclic) bond motifs is 1. The Kier molecular flexibility index (Phi) is 2.51. The summed E-state index contributed by atoms with van der Waals surface area (Å²) in [5.74, 6) is -2.29. The number of aliphatic carboxylic acids is 1. The highest BCUT2D eigenvalue weighted by molar-refractivity contribution is 7.92. The van der Waals surface area contributed by atoms with Crippen molar-refractivity contribution in [3.8, 4) is 0 Å². The summed E-state index contributed by atoms with van der Waals surface area (Å²) in [7, 11) is -2.35. The SMILES string of the molecule is CO[C@H]1C(=O)N2C(C(=O)O)=C(C)CS(=O)(=O)C12. The molecule has 2 heterocycles. The molecule has 7 nitrogen and oxygen atoms in total. The second-order valence-electron chi connectivity index (χ2n) is 4.00. The van der Waals surface area contributed by atoms with Crippen LogP contribution in [0, 0.1) is 0 Å². The first-order valence-electron chi connectivity index (χ1n) is 4.81. The standard InChI is InChI=1S/C9H11NO6S/c1-4-3-17(14,15)8-6(16-2)7(11)10(8)5(4)9(12)13/h6,8H,3H2,1-2H3,(H,12,13)/t6-,8?/m0/s1. The Bertz CT molecular complexity index is 534.